The Morgan fingerprint density at radius 2 is 1.59 bits per heavy atom. The molecule has 2 aromatic carbocycles. The monoisotopic (exact) mass is 429 g/mol. The first kappa shape index (κ1) is 20.7. The van der Waals surface area contributed by atoms with Gasteiger partial charge in [0.1, 0.15) is 5.82 Å². The van der Waals surface area contributed by atoms with Crippen LogP contribution in [-0.2, 0) is 11.2 Å². The minimum atomic E-state index is 0.203. The Kier molecular flexibility index (Phi) is 5.93. The Labute approximate surface area is 189 Å². The van der Waals surface area contributed by atoms with Gasteiger partial charge in [0.25, 0.3) is 0 Å². The maximum atomic E-state index is 13.0. The van der Waals surface area contributed by atoms with Gasteiger partial charge in [0.05, 0.1) is 6.42 Å². The van der Waals surface area contributed by atoms with Gasteiger partial charge in [-0.05, 0) is 42.5 Å². The minimum absolute atomic E-state index is 0.203. The molecule has 0 aliphatic carbocycles. The number of piperidine rings is 1. The summed E-state index contributed by atoms with van der Waals surface area (Å²) in [5.41, 5.74) is 2.11. The number of aryl methyl sites for hydroxylation is 1. The highest BCUT2D eigenvalue weighted by Crippen LogP contribution is 2.23. The molecule has 1 aromatic heterocycles. The molecule has 0 radical (unpaired) electrons. The number of aromatic nitrogens is 2. The van der Waals surface area contributed by atoms with Gasteiger partial charge in [0.15, 0.2) is 0 Å². The van der Waals surface area contributed by atoms with Crippen molar-refractivity contribution in [2.45, 2.75) is 32.6 Å². The molecule has 1 amide bonds. The van der Waals surface area contributed by atoms with E-state index in [0.29, 0.717) is 6.42 Å². The van der Waals surface area contributed by atoms with Crippen LogP contribution >= 0.6 is 0 Å². The van der Waals surface area contributed by atoms with Crippen LogP contribution in [0.4, 0.5) is 11.8 Å². The van der Waals surface area contributed by atoms with Gasteiger partial charge in [-0.15, -0.1) is 0 Å². The normalized spacial score (nSPS) is 17.1. The first-order valence-electron chi connectivity index (χ1n) is 11.8. The maximum Gasteiger partial charge on any atom is 0.227 e. The summed E-state index contributed by atoms with van der Waals surface area (Å²) >= 11 is 0. The predicted molar refractivity (Wildman–Crippen MR) is 129 cm³/mol. The fourth-order valence-corrected chi connectivity index (χ4v) is 4.84. The van der Waals surface area contributed by atoms with Crippen molar-refractivity contribution in [3.63, 3.8) is 0 Å². The van der Waals surface area contributed by atoms with Gasteiger partial charge in [-0.1, -0.05) is 42.5 Å². The van der Waals surface area contributed by atoms with E-state index in [1.54, 1.807) is 0 Å². The van der Waals surface area contributed by atoms with Crippen LogP contribution in [0.1, 0.15) is 30.5 Å². The molecule has 6 heteroatoms. The number of fused-ring (bicyclic) bond motifs is 1. The van der Waals surface area contributed by atoms with Gasteiger partial charge in [0.2, 0.25) is 11.9 Å². The molecule has 0 spiro atoms. The van der Waals surface area contributed by atoms with Crippen molar-refractivity contribution >= 4 is 28.4 Å². The molecule has 3 aromatic rings. The van der Waals surface area contributed by atoms with Crippen LogP contribution in [0.2, 0.25) is 0 Å². The van der Waals surface area contributed by atoms with E-state index in [2.05, 4.69) is 40.1 Å². The summed E-state index contributed by atoms with van der Waals surface area (Å²) in [6, 6.07) is 16.6. The Bertz CT molecular complexity index is 1100. The SMILES string of the molecule is Cc1cc(N2CCN(C(=O)Cc3cccc4ccccc34)CC2)nc(N2CCCCC2)n1. The predicted octanol–water partition coefficient (Wildman–Crippen LogP) is 3.82. The van der Waals surface area contributed by atoms with Gasteiger partial charge in [-0.25, -0.2) is 4.98 Å². The zero-order valence-corrected chi connectivity index (χ0v) is 18.8. The molecule has 6 nitrogen and oxygen atoms in total. The molecular weight excluding hydrogens is 398 g/mol. The van der Waals surface area contributed by atoms with Crippen LogP contribution in [-0.4, -0.2) is 60.0 Å². The van der Waals surface area contributed by atoms with Crippen molar-refractivity contribution in [1.82, 2.24) is 14.9 Å². The topological polar surface area (TPSA) is 52.6 Å². The van der Waals surface area contributed by atoms with Crippen molar-refractivity contribution in [3.05, 3.63) is 59.8 Å². The van der Waals surface area contributed by atoms with E-state index < -0.39 is 0 Å². The van der Waals surface area contributed by atoms with Crippen molar-refractivity contribution in [3.8, 4) is 0 Å². The zero-order valence-electron chi connectivity index (χ0n) is 18.8. The average molecular weight is 430 g/mol. The molecule has 2 aliphatic rings. The lowest BCUT2D eigenvalue weighted by Crippen LogP contribution is -2.49. The smallest absolute Gasteiger partial charge is 0.227 e. The quantitative estimate of drug-likeness (QED) is 0.631. The summed E-state index contributed by atoms with van der Waals surface area (Å²) < 4.78 is 0. The molecule has 0 saturated carbocycles. The van der Waals surface area contributed by atoms with Gasteiger partial charge < -0.3 is 14.7 Å². The third-order valence-electron chi connectivity index (χ3n) is 6.65. The molecule has 2 aliphatic heterocycles. The van der Waals surface area contributed by atoms with E-state index in [9.17, 15) is 4.79 Å². The number of amides is 1. The number of hydrogen-bond donors (Lipinski definition) is 0. The number of rotatable bonds is 4. The van der Waals surface area contributed by atoms with Gasteiger partial charge in [-0.3, -0.25) is 4.79 Å². The van der Waals surface area contributed by atoms with Crippen molar-refractivity contribution < 1.29 is 4.79 Å². The Balaban J connectivity index is 1.24. The summed E-state index contributed by atoms with van der Waals surface area (Å²) in [5.74, 6) is 2.04. The lowest BCUT2D eigenvalue weighted by molar-refractivity contribution is -0.130. The molecule has 0 unspecified atom stereocenters. The standard InChI is InChI=1S/C26H31N5O/c1-20-18-24(28-26(27-20)31-12-5-2-6-13-31)29-14-16-30(17-15-29)25(32)19-22-10-7-9-21-8-3-4-11-23(21)22/h3-4,7-11,18H,2,5-6,12-17,19H2,1H3. The van der Waals surface area contributed by atoms with E-state index in [0.717, 1.165) is 62.3 Å². The number of benzene rings is 2. The third kappa shape index (κ3) is 4.40. The van der Waals surface area contributed by atoms with Crippen LogP contribution in [0.5, 0.6) is 0 Å². The second-order valence-electron chi connectivity index (χ2n) is 8.90. The number of nitrogens with zero attached hydrogens (tertiary/aromatic N) is 5. The first-order valence-corrected chi connectivity index (χ1v) is 11.8. The minimum Gasteiger partial charge on any atom is -0.353 e. The summed E-state index contributed by atoms with van der Waals surface area (Å²) in [7, 11) is 0. The van der Waals surface area contributed by atoms with E-state index in [1.807, 2.05) is 30.0 Å². The number of anilines is 2. The van der Waals surface area contributed by atoms with Crippen LogP contribution < -0.4 is 9.80 Å². The van der Waals surface area contributed by atoms with Gasteiger partial charge in [0, 0.05) is 51.0 Å². The van der Waals surface area contributed by atoms with Crippen molar-refractivity contribution in [1.29, 1.82) is 0 Å². The molecule has 0 atom stereocenters. The Morgan fingerprint density at radius 3 is 2.41 bits per heavy atom. The summed E-state index contributed by atoms with van der Waals surface area (Å²) in [4.78, 5) is 29.2. The van der Waals surface area contributed by atoms with Crippen LogP contribution in [0.25, 0.3) is 10.8 Å². The lowest BCUT2D eigenvalue weighted by Gasteiger charge is -2.36. The number of hydrogen-bond acceptors (Lipinski definition) is 5. The Hall–Kier alpha value is -3.15. The highest BCUT2D eigenvalue weighted by Gasteiger charge is 2.24. The zero-order chi connectivity index (χ0) is 21.9. The van der Waals surface area contributed by atoms with Crippen molar-refractivity contribution in [2.24, 2.45) is 0 Å². The summed E-state index contributed by atoms with van der Waals surface area (Å²) in [6.07, 6.45) is 4.17. The van der Waals surface area contributed by atoms with Crippen LogP contribution in [0, 0.1) is 6.92 Å². The lowest BCUT2D eigenvalue weighted by atomic mass is 10.0. The van der Waals surface area contributed by atoms with E-state index in [-0.39, 0.29) is 5.91 Å². The fourth-order valence-electron chi connectivity index (χ4n) is 4.84. The van der Waals surface area contributed by atoms with E-state index in [4.69, 9.17) is 9.97 Å². The van der Waals surface area contributed by atoms with Gasteiger partial charge >= 0.3 is 0 Å². The number of carbonyl (C=O) groups is 1. The highest BCUT2D eigenvalue weighted by molar-refractivity contribution is 5.90. The van der Waals surface area contributed by atoms with Crippen molar-refractivity contribution in [2.75, 3.05) is 49.1 Å². The Morgan fingerprint density at radius 1 is 0.844 bits per heavy atom. The van der Waals surface area contributed by atoms with Gasteiger partial charge in [-0.2, -0.15) is 4.98 Å². The highest BCUT2D eigenvalue weighted by atomic mass is 16.2. The first-order chi connectivity index (χ1) is 15.7. The molecule has 5 rings (SSSR count). The molecule has 2 saturated heterocycles. The second-order valence-corrected chi connectivity index (χ2v) is 8.90. The molecule has 0 bridgehead atoms. The largest absolute Gasteiger partial charge is 0.353 e. The van der Waals surface area contributed by atoms with Crippen LogP contribution in [0.15, 0.2) is 48.5 Å². The van der Waals surface area contributed by atoms with E-state index >= 15 is 0 Å². The molecule has 32 heavy (non-hydrogen) atoms. The fraction of sp³-hybridized carbons (Fsp3) is 0.423. The third-order valence-corrected chi connectivity index (χ3v) is 6.65. The maximum absolute atomic E-state index is 13.0. The second kappa shape index (κ2) is 9.15. The molecule has 3 heterocycles. The molecule has 0 N–H and O–H groups in total. The summed E-state index contributed by atoms with van der Waals surface area (Å²) in [5, 5.41) is 2.36. The number of carbonyl (C=O) groups excluding carboxylic acids is 1. The molecule has 2 fully saturated rings. The average Bonchev–Trinajstić information content (AvgIpc) is 2.84. The molecular formula is C26H31N5O. The molecule has 166 valence electrons. The number of piperazine rings is 1. The van der Waals surface area contributed by atoms with Crippen LogP contribution in [0.3, 0.4) is 0 Å². The summed E-state index contributed by atoms with van der Waals surface area (Å²) in [6.45, 7) is 7.19. The van der Waals surface area contributed by atoms with E-state index in [1.165, 1.54) is 30.0 Å².